The van der Waals surface area contributed by atoms with Crippen LogP contribution in [0, 0.1) is 0 Å². The Hall–Kier alpha value is -1.03. The van der Waals surface area contributed by atoms with E-state index in [0.717, 1.165) is 0 Å². The first-order valence-electron chi connectivity index (χ1n) is 4.25. The minimum absolute atomic E-state index is 0.124. The smallest absolute Gasteiger partial charge is 0.198 e. The molecule has 74 valence electrons. The summed E-state index contributed by atoms with van der Waals surface area (Å²) in [7, 11) is -1.23. The topological polar surface area (TPSA) is 34.1 Å². The quantitative estimate of drug-likeness (QED) is 0.707. The molecule has 0 aromatic heterocycles. The summed E-state index contributed by atoms with van der Waals surface area (Å²) in [5.41, 5.74) is 1.01. The van der Waals surface area contributed by atoms with Crippen LogP contribution in [0.3, 0.4) is 0 Å². The Kier molecular flexibility index (Phi) is 2.23. The summed E-state index contributed by atoms with van der Waals surface area (Å²) < 4.78 is 24.4. The third-order valence-corrected chi connectivity index (χ3v) is 3.31. The third-order valence-electron chi connectivity index (χ3n) is 2.35. The van der Waals surface area contributed by atoms with Gasteiger partial charge in [-0.05, 0) is 11.6 Å². The van der Waals surface area contributed by atoms with E-state index in [2.05, 4.69) is 0 Å². The van der Waals surface area contributed by atoms with Crippen LogP contribution in [0.2, 0.25) is 0 Å². The predicted molar refractivity (Wildman–Crippen MR) is 51.7 cm³/mol. The number of alkyl halides is 1. The van der Waals surface area contributed by atoms with E-state index in [0.29, 0.717) is 16.0 Å². The molecule has 1 aromatic rings. The van der Waals surface area contributed by atoms with E-state index in [4.69, 9.17) is 0 Å². The number of hydrogen-bond donors (Lipinski definition) is 0. The summed E-state index contributed by atoms with van der Waals surface area (Å²) in [6.45, 7) is 0. The second-order valence-corrected chi connectivity index (χ2v) is 4.63. The lowest BCUT2D eigenvalue weighted by atomic mass is 10.1. The van der Waals surface area contributed by atoms with E-state index in [1.807, 2.05) is 0 Å². The fraction of sp³-hybridized carbons (Fsp3) is 0.300. The lowest BCUT2D eigenvalue weighted by molar-refractivity contribution is 0.0896. The molecule has 0 N–H and O–H groups in total. The van der Waals surface area contributed by atoms with Gasteiger partial charge in [-0.15, -0.1) is 0 Å². The van der Waals surface area contributed by atoms with Crippen LogP contribution in [-0.4, -0.2) is 22.4 Å². The van der Waals surface area contributed by atoms with Crippen LogP contribution in [0.1, 0.15) is 15.9 Å². The summed E-state index contributed by atoms with van der Waals surface area (Å²) >= 11 is 0. The average Bonchev–Trinajstić information content (AvgIpc) is 2.43. The maximum atomic E-state index is 13.1. The van der Waals surface area contributed by atoms with Gasteiger partial charge < -0.3 is 0 Å². The molecule has 2 nitrogen and oxygen atoms in total. The fourth-order valence-electron chi connectivity index (χ4n) is 1.71. The number of benzene rings is 1. The maximum Gasteiger partial charge on any atom is 0.198 e. The van der Waals surface area contributed by atoms with Gasteiger partial charge in [-0.1, -0.05) is 12.1 Å². The second-order valence-electron chi connectivity index (χ2n) is 3.28. The monoisotopic (exact) mass is 212 g/mol. The van der Waals surface area contributed by atoms with Gasteiger partial charge in [-0.3, -0.25) is 9.00 Å². The SMILES string of the molecule is CS(=O)c1cccc2c1C(=O)C(F)C2. The third kappa shape index (κ3) is 1.30. The molecular formula is C10H9FO2S. The molecule has 1 aliphatic rings. The minimum Gasteiger partial charge on any atom is -0.291 e. The summed E-state index contributed by atoms with van der Waals surface area (Å²) in [6, 6.07) is 5.04. The van der Waals surface area contributed by atoms with Crippen molar-refractivity contribution in [2.24, 2.45) is 0 Å². The molecule has 0 saturated carbocycles. The molecule has 0 aliphatic heterocycles. The lowest BCUT2D eigenvalue weighted by Gasteiger charge is -2.02. The number of Topliss-reactive ketones (excluding diaryl/α,β-unsaturated/α-hetero) is 1. The number of carbonyl (C=O) groups excluding carboxylic acids is 1. The number of fused-ring (bicyclic) bond motifs is 1. The maximum absolute atomic E-state index is 13.1. The zero-order valence-electron chi connectivity index (χ0n) is 7.62. The van der Waals surface area contributed by atoms with E-state index in [-0.39, 0.29) is 6.42 Å². The van der Waals surface area contributed by atoms with Crippen molar-refractivity contribution in [3.63, 3.8) is 0 Å². The summed E-state index contributed by atoms with van der Waals surface area (Å²) in [5.74, 6) is -0.522. The highest BCUT2D eigenvalue weighted by Crippen LogP contribution is 2.28. The Labute approximate surface area is 83.6 Å². The van der Waals surface area contributed by atoms with E-state index >= 15 is 0 Å². The first-order valence-corrected chi connectivity index (χ1v) is 5.80. The van der Waals surface area contributed by atoms with E-state index in [1.165, 1.54) is 6.26 Å². The van der Waals surface area contributed by atoms with Crippen molar-refractivity contribution in [1.29, 1.82) is 0 Å². The molecule has 2 rings (SSSR count). The predicted octanol–water partition coefficient (Wildman–Crippen LogP) is 1.50. The molecule has 2 atom stereocenters. The Morgan fingerprint density at radius 1 is 1.50 bits per heavy atom. The van der Waals surface area contributed by atoms with Crippen molar-refractivity contribution in [2.45, 2.75) is 17.5 Å². The zero-order valence-corrected chi connectivity index (χ0v) is 8.44. The van der Waals surface area contributed by atoms with Crippen molar-refractivity contribution >= 4 is 16.6 Å². The average molecular weight is 212 g/mol. The van der Waals surface area contributed by atoms with Crippen LogP contribution in [0.25, 0.3) is 0 Å². The highest BCUT2D eigenvalue weighted by Gasteiger charge is 2.32. The summed E-state index contributed by atoms with van der Waals surface area (Å²) in [4.78, 5) is 11.9. The first kappa shape index (κ1) is 9.52. The van der Waals surface area contributed by atoms with Crippen molar-refractivity contribution in [1.82, 2.24) is 0 Å². The largest absolute Gasteiger partial charge is 0.291 e. The molecule has 0 fully saturated rings. The van der Waals surface area contributed by atoms with Gasteiger partial charge in [0.2, 0.25) is 0 Å². The Bertz CT molecular complexity index is 428. The number of hydrogen-bond acceptors (Lipinski definition) is 2. The number of carbonyl (C=O) groups is 1. The molecule has 1 aliphatic carbocycles. The van der Waals surface area contributed by atoms with Crippen molar-refractivity contribution in [3.05, 3.63) is 29.3 Å². The standard InChI is InChI=1S/C10H9FO2S/c1-14(13)8-4-2-3-6-5-7(11)10(12)9(6)8/h2-4,7H,5H2,1H3. The molecule has 0 spiro atoms. The van der Waals surface area contributed by atoms with Crippen LogP contribution in [-0.2, 0) is 17.2 Å². The molecule has 2 unspecified atom stereocenters. The van der Waals surface area contributed by atoms with Gasteiger partial charge in [0.15, 0.2) is 12.0 Å². The van der Waals surface area contributed by atoms with Crippen molar-refractivity contribution in [2.75, 3.05) is 6.26 Å². The first-order chi connectivity index (χ1) is 6.61. The molecule has 0 bridgehead atoms. The molecule has 4 heteroatoms. The van der Waals surface area contributed by atoms with Crippen molar-refractivity contribution in [3.8, 4) is 0 Å². The molecule has 0 saturated heterocycles. The van der Waals surface area contributed by atoms with Gasteiger partial charge in [-0.25, -0.2) is 4.39 Å². The van der Waals surface area contributed by atoms with Crippen LogP contribution in [0.4, 0.5) is 4.39 Å². The van der Waals surface area contributed by atoms with Crippen LogP contribution in [0.15, 0.2) is 23.1 Å². The molecule has 0 radical (unpaired) electrons. The Balaban J connectivity index is 2.64. The second kappa shape index (κ2) is 3.28. The Morgan fingerprint density at radius 3 is 2.86 bits per heavy atom. The number of ketones is 1. The van der Waals surface area contributed by atoms with Gasteiger partial charge in [0.05, 0.1) is 10.8 Å². The van der Waals surface area contributed by atoms with E-state index in [9.17, 15) is 13.4 Å². The van der Waals surface area contributed by atoms with Crippen LogP contribution >= 0.6 is 0 Å². The highest BCUT2D eigenvalue weighted by molar-refractivity contribution is 7.84. The summed E-state index contributed by atoms with van der Waals surface area (Å²) in [6.07, 6.45) is 0.169. The molecule has 14 heavy (non-hydrogen) atoms. The van der Waals surface area contributed by atoms with Gasteiger partial charge >= 0.3 is 0 Å². The van der Waals surface area contributed by atoms with Crippen LogP contribution in [0.5, 0.6) is 0 Å². The minimum atomic E-state index is -1.45. The van der Waals surface area contributed by atoms with Gasteiger partial charge in [0, 0.05) is 23.1 Å². The van der Waals surface area contributed by atoms with E-state index < -0.39 is 22.8 Å². The number of rotatable bonds is 1. The molecule has 1 aromatic carbocycles. The summed E-state index contributed by atoms with van der Waals surface area (Å²) in [5, 5.41) is 0. The molecular weight excluding hydrogens is 203 g/mol. The van der Waals surface area contributed by atoms with Gasteiger partial charge in [-0.2, -0.15) is 0 Å². The van der Waals surface area contributed by atoms with Crippen molar-refractivity contribution < 1.29 is 13.4 Å². The molecule has 0 amide bonds. The lowest BCUT2D eigenvalue weighted by Crippen LogP contribution is -2.10. The number of halogens is 1. The molecule has 0 heterocycles. The van der Waals surface area contributed by atoms with Gasteiger partial charge in [0.1, 0.15) is 0 Å². The Morgan fingerprint density at radius 2 is 2.21 bits per heavy atom. The fourth-order valence-corrected chi connectivity index (χ4v) is 2.50. The van der Waals surface area contributed by atoms with E-state index in [1.54, 1.807) is 18.2 Å². The normalized spacial score (nSPS) is 22.1. The zero-order chi connectivity index (χ0) is 10.3. The van der Waals surface area contributed by atoms with Crippen LogP contribution < -0.4 is 0 Å². The highest BCUT2D eigenvalue weighted by atomic mass is 32.2. The van der Waals surface area contributed by atoms with Gasteiger partial charge in [0.25, 0.3) is 0 Å².